The molecular weight excluding hydrogens is 412 g/mol. The van der Waals surface area contributed by atoms with Gasteiger partial charge in [0.05, 0.1) is 12.0 Å². The van der Waals surface area contributed by atoms with Crippen LogP contribution < -0.4 is 4.74 Å². The maximum Gasteiger partial charge on any atom is 0.243 e. The van der Waals surface area contributed by atoms with Crippen LogP contribution in [0.1, 0.15) is 36.0 Å². The first kappa shape index (κ1) is 21.8. The zero-order chi connectivity index (χ0) is 22.0. The summed E-state index contributed by atoms with van der Waals surface area (Å²) in [6.45, 7) is 1.22. The molecule has 0 N–H and O–H groups in total. The molecular formula is C24H30N2O4S. The van der Waals surface area contributed by atoms with E-state index in [9.17, 15) is 13.2 Å². The van der Waals surface area contributed by atoms with Crippen LogP contribution in [-0.2, 0) is 34.2 Å². The van der Waals surface area contributed by atoms with Crippen LogP contribution in [0.4, 0.5) is 0 Å². The van der Waals surface area contributed by atoms with Gasteiger partial charge in [0.25, 0.3) is 0 Å². The Morgan fingerprint density at radius 3 is 2.55 bits per heavy atom. The van der Waals surface area contributed by atoms with Gasteiger partial charge >= 0.3 is 0 Å². The van der Waals surface area contributed by atoms with Crippen molar-refractivity contribution in [1.82, 2.24) is 9.21 Å². The van der Waals surface area contributed by atoms with E-state index in [0.29, 0.717) is 37.4 Å². The number of piperidine rings is 1. The summed E-state index contributed by atoms with van der Waals surface area (Å²) in [5, 5.41) is 0. The van der Waals surface area contributed by atoms with Crippen LogP contribution >= 0.6 is 0 Å². The second kappa shape index (κ2) is 9.01. The fraction of sp³-hybridized carbons (Fsp3) is 0.458. The summed E-state index contributed by atoms with van der Waals surface area (Å²) in [4.78, 5) is 15.1. The van der Waals surface area contributed by atoms with E-state index in [0.717, 1.165) is 36.1 Å². The van der Waals surface area contributed by atoms with Crippen LogP contribution in [0.15, 0.2) is 47.4 Å². The molecule has 1 saturated heterocycles. The fourth-order valence-corrected chi connectivity index (χ4v) is 6.20. The van der Waals surface area contributed by atoms with Crippen molar-refractivity contribution in [3.63, 3.8) is 0 Å². The number of hydrogen-bond acceptors (Lipinski definition) is 4. The quantitative estimate of drug-likeness (QED) is 0.689. The normalized spacial score (nSPS) is 17.4. The summed E-state index contributed by atoms with van der Waals surface area (Å²) in [5.74, 6) is 0.657. The van der Waals surface area contributed by atoms with Crippen LogP contribution in [-0.4, -0.2) is 50.8 Å². The average Bonchev–Trinajstić information content (AvgIpc) is 3.27. The molecule has 0 atom stereocenters. The zero-order valence-corrected chi connectivity index (χ0v) is 19.0. The topological polar surface area (TPSA) is 66.9 Å². The van der Waals surface area contributed by atoms with Gasteiger partial charge in [-0.25, -0.2) is 8.42 Å². The van der Waals surface area contributed by atoms with Crippen LogP contribution in [0.25, 0.3) is 0 Å². The van der Waals surface area contributed by atoms with Crippen molar-refractivity contribution < 1.29 is 17.9 Å². The summed E-state index contributed by atoms with van der Waals surface area (Å²) in [5.41, 5.74) is 3.38. The average molecular weight is 443 g/mol. The Kier molecular flexibility index (Phi) is 6.34. The first-order valence-corrected chi connectivity index (χ1v) is 12.3. The molecule has 1 aliphatic heterocycles. The van der Waals surface area contributed by atoms with Gasteiger partial charge in [-0.15, -0.1) is 0 Å². The summed E-state index contributed by atoms with van der Waals surface area (Å²) in [7, 11) is -0.102. The SMILES string of the molecule is COc1ccccc1CN(C)C(=O)C1CCN(S(=O)(=O)c2ccc3c(c2)CCC3)CC1. The van der Waals surface area contributed by atoms with Crippen molar-refractivity contribution in [2.24, 2.45) is 5.92 Å². The number of rotatable bonds is 6. The molecule has 1 amide bonds. The van der Waals surface area contributed by atoms with Gasteiger partial charge in [-0.2, -0.15) is 4.31 Å². The number of benzene rings is 2. The lowest BCUT2D eigenvalue weighted by Crippen LogP contribution is -2.43. The summed E-state index contributed by atoms with van der Waals surface area (Å²) in [6.07, 6.45) is 4.16. The third kappa shape index (κ3) is 4.48. The largest absolute Gasteiger partial charge is 0.496 e. The van der Waals surface area contributed by atoms with E-state index in [-0.39, 0.29) is 11.8 Å². The van der Waals surface area contributed by atoms with Gasteiger partial charge in [0.2, 0.25) is 15.9 Å². The molecule has 1 fully saturated rings. The third-order valence-electron chi connectivity index (χ3n) is 6.49. The Morgan fingerprint density at radius 2 is 1.81 bits per heavy atom. The van der Waals surface area contributed by atoms with E-state index in [4.69, 9.17) is 4.74 Å². The molecule has 2 aromatic rings. The molecule has 166 valence electrons. The Bertz CT molecular complexity index is 1060. The summed E-state index contributed by atoms with van der Waals surface area (Å²) in [6, 6.07) is 13.2. The molecule has 0 bridgehead atoms. The molecule has 6 nitrogen and oxygen atoms in total. The minimum absolute atomic E-state index is 0.0560. The molecule has 4 rings (SSSR count). The van der Waals surface area contributed by atoms with E-state index < -0.39 is 10.0 Å². The number of amides is 1. The second-order valence-corrected chi connectivity index (χ2v) is 10.4. The second-order valence-electron chi connectivity index (χ2n) is 8.47. The highest BCUT2D eigenvalue weighted by atomic mass is 32.2. The molecule has 7 heteroatoms. The number of carbonyl (C=O) groups excluding carboxylic acids is 1. The lowest BCUT2D eigenvalue weighted by molar-refractivity contribution is -0.135. The lowest BCUT2D eigenvalue weighted by Gasteiger charge is -2.32. The van der Waals surface area contributed by atoms with Gasteiger partial charge in [0.15, 0.2) is 0 Å². The van der Waals surface area contributed by atoms with E-state index in [1.54, 1.807) is 25.1 Å². The number of fused-ring (bicyclic) bond motifs is 1. The highest BCUT2D eigenvalue weighted by molar-refractivity contribution is 7.89. The van der Waals surface area contributed by atoms with E-state index in [1.165, 1.54) is 9.87 Å². The lowest BCUT2D eigenvalue weighted by atomic mass is 9.96. The van der Waals surface area contributed by atoms with E-state index in [2.05, 4.69) is 0 Å². The predicted molar refractivity (Wildman–Crippen MR) is 119 cm³/mol. The highest BCUT2D eigenvalue weighted by Crippen LogP contribution is 2.29. The third-order valence-corrected chi connectivity index (χ3v) is 8.38. The Morgan fingerprint density at radius 1 is 1.10 bits per heavy atom. The standard InChI is InChI=1S/C24H30N2O4S/c1-25(17-21-6-3-4-9-23(21)30-2)24(27)19-12-14-26(15-13-19)31(28,29)22-11-10-18-7-5-8-20(18)16-22/h3-4,6,9-11,16,19H,5,7-8,12-15,17H2,1-2H3. The molecule has 31 heavy (non-hydrogen) atoms. The number of aryl methyl sites for hydroxylation is 2. The first-order valence-electron chi connectivity index (χ1n) is 10.9. The van der Waals surface area contributed by atoms with Crippen LogP contribution in [0.5, 0.6) is 5.75 Å². The molecule has 0 saturated carbocycles. The van der Waals surface area contributed by atoms with Crippen molar-refractivity contribution in [3.8, 4) is 5.75 Å². The van der Waals surface area contributed by atoms with Gasteiger partial charge in [-0.3, -0.25) is 4.79 Å². The van der Waals surface area contributed by atoms with Crippen LogP contribution in [0.3, 0.4) is 0 Å². The highest BCUT2D eigenvalue weighted by Gasteiger charge is 2.33. The molecule has 1 heterocycles. The van der Waals surface area contributed by atoms with Crippen molar-refractivity contribution in [2.75, 3.05) is 27.2 Å². The van der Waals surface area contributed by atoms with Crippen LogP contribution in [0, 0.1) is 5.92 Å². The maximum absolute atomic E-state index is 13.1. The summed E-state index contributed by atoms with van der Waals surface area (Å²) >= 11 is 0. The van der Waals surface area contributed by atoms with Crippen molar-refractivity contribution in [3.05, 3.63) is 59.2 Å². The molecule has 0 aromatic heterocycles. The number of methoxy groups -OCH3 is 1. The number of sulfonamides is 1. The first-order chi connectivity index (χ1) is 14.9. The molecule has 0 radical (unpaired) electrons. The van der Waals surface area contributed by atoms with Gasteiger partial charge in [0.1, 0.15) is 5.75 Å². The van der Waals surface area contributed by atoms with Crippen molar-refractivity contribution in [2.45, 2.75) is 43.5 Å². The summed E-state index contributed by atoms with van der Waals surface area (Å²) < 4.78 is 33.2. The van der Waals surface area contributed by atoms with Gasteiger partial charge in [0, 0.05) is 38.2 Å². The maximum atomic E-state index is 13.1. The minimum atomic E-state index is -3.52. The van der Waals surface area contributed by atoms with Crippen molar-refractivity contribution in [1.29, 1.82) is 0 Å². The predicted octanol–water partition coefficient (Wildman–Crippen LogP) is 3.24. The van der Waals surface area contributed by atoms with Crippen molar-refractivity contribution >= 4 is 15.9 Å². The Labute approximate surface area is 184 Å². The van der Waals surface area contributed by atoms with E-state index >= 15 is 0 Å². The number of para-hydroxylation sites is 1. The smallest absolute Gasteiger partial charge is 0.243 e. The van der Waals surface area contributed by atoms with Gasteiger partial charge in [-0.1, -0.05) is 24.3 Å². The van der Waals surface area contributed by atoms with E-state index in [1.807, 2.05) is 36.4 Å². The number of nitrogens with zero attached hydrogens (tertiary/aromatic N) is 2. The van der Waals surface area contributed by atoms with Crippen LogP contribution in [0.2, 0.25) is 0 Å². The monoisotopic (exact) mass is 442 g/mol. The van der Waals surface area contributed by atoms with Gasteiger partial charge < -0.3 is 9.64 Å². The number of carbonyl (C=O) groups is 1. The molecule has 2 aliphatic rings. The number of hydrogen-bond donors (Lipinski definition) is 0. The zero-order valence-electron chi connectivity index (χ0n) is 18.2. The molecule has 2 aromatic carbocycles. The Hall–Kier alpha value is -2.38. The molecule has 0 unspecified atom stereocenters. The number of ether oxygens (including phenoxy) is 1. The fourth-order valence-electron chi connectivity index (χ4n) is 4.68. The molecule has 0 spiro atoms. The molecule has 1 aliphatic carbocycles. The van der Waals surface area contributed by atoms with Gasteiger partial charge in [-0.05, 0) is 61.4 Å². The Balaban J connectivity index is 1.38. The minimum Gasteiger partial charge on any atom is -0.496 e.